The van der Waals surface area contributed by atoms with Crippen LogP contribution in [0.5, 0.6) is 0 Å². The number of carbonyl (C=O) groups is 1. The van der Waals surface area contributed by atoms with Crippen molar-refractivity contribution in [1.29, 1.82) is 0 Å². The molecule has 0 radical (unpaired) electrons. The number of nitrogens with two attached hydrogens (primary N) is 1. The number of amides is 1. The quantitative estimate of drug-likeness (QED) is 0.844. The average Bonchev–Trinajstić information content (AvgIpc) is 2.92. The first kappa shape index (κ1) is 17.0. The number of nitrogens with zero attached hydrogens (tertiary/aromatic N) is 2. The molecule has 0 spiro atoms. The molecule has 1 aliphatic heterocycles. The molecule has 1 aromatic heterocycles. The standard InChI is InChI=1S/C18H23ClN4O/c1-2-3-8-16-21-14(17(19)22-16)11-23-10-13-7-5-4-6-12(13)9-15(23)18(20)24/h4-7,15H,2-3,8-11H2,1H3,(H2,20,24)(H,21,22)/t15-/m0/s1. The van der Waals surface area contributed by atoms with Gasteiger partial charge in [-0.05, 0) is 24.0 Å². The van der Waals surface area contributed by atoms with Crippen molar-refractivity contribution in [3.63, 3.8) is 0 Å². The highest BCUT2D eigenvalue weighted by atomic mass is 35.5. The Balaban J connectivity index is 1.80. The predicted molar refractivity (Wildman–Crippen MR) is 94.6 cm³/mol. The van der Waals surface area contributed by atoms with Crippen molar-refractivity contribution in [3.8, 4) is 0 Å². The Labute approximate surface area is 147 Å². The van der Waals surface area contributed by atoms with E-state index in [4.69, 9.17) is 17.3 Å². The highest BCUT2D eigenvalue weighted by Crippen LogP contribution is 2.26. The number of halogens is 1. The van der Waals surface area contributed by atoms with Crippen molar-refractivity contribution in [2.75, 3.05) is 0 Å². The van der Waals surface area contributed by atoms with Crippen molar-refractivity contribution in [3.05, 3.63) is 52.1 Å². The van der Waals surface area contributed by atoms with Crippen LogP contribution in [0.3, 0.4) is 0 Å². The first-order chi connectivity index (χ1) is 11.6. The Hall–Kier alpha value is -1.85. The van der Waals surface area contributed by atoms with E-state index in [9.17, 15) is 4.79 Å². The lowest BCUT2D eigenvalue weighted by atomic mass is 9.93. The molecule has 2 aromatic rings. The summed E-state index contributed by atoms with van der Waals surface area (Å²) in [5.41, 5.74) is 8.92. The molecule has 3 N–H and O–H groups in total. The first-order valence-corrected chi connectivity index (χ1v) is 8.79. The van der Waals surface area contributed by atoms with Gasteiger partial charge in [0.25, 0.3) is 0 Å². The van der Waals surface area contributed by atoms with Gasteiger partial charge in [-0.15, -0.1) is 0 Å². The monoisotopic (exact) mass is 346 g/mol. The maximum absolute atomic E-state index is 11.9. The van der Waals surface area contributed by atoms with Gasteiger partial charge in [-0.1, -0.05) is 49.2 Å². The van der Waals surface area contributed by atoms with Crippen molar-refractivity contribution in [2.24, 2.45) is 5.73 Å². The highest BCUT2D eigenvalue weighted by Gasteiger charge is 2.30. The fourth-order valence-corrected chi connectivity index (χ4v) is 3.44. The first-order valence-electron chi connectivity index (χ1n) is 8.42. The average molecular weight is 347 g/mol. The molecule has 1 amide bonds. The molecular weight excluding hydrogens is 324 g/mol. The maximum Gasteiger partial charge on any atom is 0.235 e. The summed E-state index contributed by atoms with van der Waals surface area (Å²) < 4.78 is 0. The van der Waals surface area contributed by atoms with Gasteiger partial charge in [0.1, 0.15) is 5.82 Å². The van der Waals surface area contributed by atoms with Crippen molar-refractivity contribution in [1.82, 2.24) is 14.9 Å². The Morgan fingerprint density at radius 1 is 1.42 bits per heavy atom. The number of carbonyl (C=O) groups excluding carboxylic acids is 1. The van der Waals surface area contributed by atoms with Gasteiger partial charge >= 0.3 is 0 Å². The molecule has 1 atom stereocenters. The van der Waals surface area contributed by atoms with E-state index in [0.29, 0.717) is 24.7 Å². The van der Waals surface area contributed by atoms with Crippen LogP contribution in [0.1, 0.15) is 42.4 Å². The summed E-state index contributed by atoms with van der Waals surface area (Å²) in [6.07, 6.45) is 3.71. The van der Waals surface area contributed by atoms with E-state index in [1.165, 1.54) is 11.1 Å². The lowest BCUT2D eigenvalue weighted by Crippen LogP contribution is -2.48. The van der Waals surface area contributed by atoms with Crippen molar-refractivity contribution < 1.29 is 4.79 Å². The highest BCUT2D eigenvalue weighted by molar-refractivity contribution is 6.30. The lowest BCUT2D eigenvalue weighted by molar-refractivity contribution is -0.124. The number of imidazole rings is 1. The molecule has 5 nitrogen and oxygen atoms in total. The van der Waals surface area contributed by atoms with Gasteiger partial charge in [0, 0.05) is 19.5 Å². The fraction of sp³-hybridized carbons (Fsp3) is 0.444. The summed E-state index contributed by atoms with van der Waals surface area (Å²) in [6.45, 7) is 3.37. The zero-order valence-electron chi connectivity index (χ0n) is 13.9. The second kappa shape index (κ2) is 7.36. The number of H-pyrrole nitrogens is 1. The number of unbranched alkanes of at least 4 members (excludes halogenated alkanes) is 1. The van der Waals surface area contributed by atoms with E-state index >= 15 is 0 Å². The van der Waals surface area contributed by atoms with Crippen LogP contribution in [0, 0.1) is 0 Å². The molecule has 0 fully saturated rings. The molecule has 2 heterocycles. The molecule has 1 aliphatic rings. The third-order valence-electron chi connectivity index (χ3n) is 4.58. The maximum atomic E-state index is 11.9. The Morgan fingerprint density at radius 2 is 2.17 bits per heavy atom. The molecule has 3 rings (SSSR count). The Morgan fingerprint density at radius 3 is 2.88 bits per heavy atom. The molecule has 6 heteroatoms. The summed E-state index contributed by atoms with van der Waals surface area (Å²) in [5, 5.41) is 0.489. The molecule has 0 unspecified atom stereocenters. The molecule has 24 heavy (non-hydrogen) atoms. The van der Waals surface area contributed by atoms with E-state index in [1.54, 1.807) is 0 Å². The minimum Gasteiger partial charge on any atom is -0.368 e. The number of hydrogen-bond acceptors (Lipinski definition) is 3. The summed E-state index contributed by atoms with van der Waals surface area (Å²) >= 11 is 6.29. The zero-order valence-corrected chi connectivity index (χ0v) is 14.6. The van der Waals surface area contributed by atoms with Gasteiger partial charge in [0.05, 0.1) is 11.7 Å². The van der Waals surface area contributed by atoms with Crippen molar-refractivity contribution >= 4 is 17.5 Å². The SMILES string of the molecule is CCCCc1nc(Cl)c(CN2Cc3ccccc3C[C@H]2C(N)=O)[nH]1. The van der Waals surface area contributed by atoms with Crippen LogP contribution < -0.4 is 5.73 Å². The van der Waals surface area contributed by atoms with E-state index in [1.807, 2.05) is 12.1 Å². The van der Waals surface area contributed by atoms with Gasteiger partial charge in [-0.3, -0.25) is 9.69 Å². The normalized spacial score (nSPS) is 17.7. The number of fused-ring (bicyclic) bond motifs is 1. The Bertz CT molecular complexity index is 728. The van der Waals surface area contributed by atoms with Crippen LogP contribution in [0.25, 0.3) is 0 Å². The number of aromatic amines is 1. The smallest absolute Gasteiger partial charge is 0.235 e. The molecular formula is C18H23ClN4O. The van der Waals surface area contributed by atoms with Gasteiger partial charge < -0.3 is 10.7 Å². The van der Waals surface area contributed by atoms with E-state index < -0.39 is 0 Å². The third kappa shape index (κ3) is 3.62. The number of hydrogen-bond donors (Lipinski definition) is 2. The number of rotatable bonds is 6. The molecule has 0 saturated heterocycles. The minimum absolute atomic E-state index is 0.300. The molecule has 128 valence electrons. The number of aromatic nitrogens is 2. The number of nitrogens with one attached hydrogen (secondary N) is 1. The van der Waals surface area contributed by atoms with Crippen LogP contribution in [0.2, 0.25) is 5.15 Å². The molecule has 0 aliphatic carbocycles. The lowest BCUT2D eigenvalue weighted by Gasteiger charge is -2.34. The summed E-state index contributed by atoms with van der Waals surface area (Å²) in [7, 11) is 0. The number of aryl methyl sites for hydroxylation is 1. The second-order valence-electron chi connectivity index (χ2n) is 6.35. The second-order valence-corrected chi connectivity index (χ2v) is 6.71. The topological polar surface area (TPSA) is 75.0 Å². The predicted octanol–water partition coefficient (Wildman–Crippen LogP) is 2.82. The summed E-state index contributed by atoms with van der Waals surface area (Å²) in [5.74, 6) is 0.608. The van der Waals surface area contributed by atoms with Gasteiger partial charge in [-0.2, -0.15) is 0 Å². The molecule has 0 bridgehead atoms. The van der Waals surface area contributed by atoms with Crippen LogP contribution in [-0.4, -0.2) is 26.8 Å². The fourth-order valence-electron chi connectivity index (χ4n) is 3.23. The van der Waals surface area contributed by atoms with Crippen LogP contribution in [0.4, 0.5) is 0 Å². The van der Waals surface area contributed by atoms with Gasteiger partial charge in [-0.25, -0.2) is 4.98 Å². The van der Waals surface area contributed by atoms with Crippen LogP contribution in [0.15, 0.2) is 24.3 Å². The van der Waals surface area contributed by atoms with E-state index in [2.05, 4.69) is 33.9 Å². The van der Waals surface area contributed by atoms with Gasteiger partial charge in [0.15, 0.2) is 5.15 Å². The van der Waals surface area contributed by atoms with Crippen LogP contribution >= 0.6 is 11.6 Å². The number of primary amides is 1. The summed E-state index contributed by atoms with van der Waals surface area (Å²) in [6, 6.07) is 7.86. The summed E-state index contributed by atoms with van der Waals surface area (Å²) in [4.78, 5) is 21.7. The van der Waals surface area contributed by atoms with Gasteiger partial charge in [0.2, 0.25) is 5.91 Å². The number of benzene rings is 1. The van der Waals surface area contributed by atoms with Crippen molar-refractivity contribution in [2.45, 2.75) is 51.7 Å². The minimum atomic E-state index is -0.321. The molecule has 0 saturated carbocycles. The van der Waals surface area contributed by atoms with E-state index in [-0.39, 0.29) is 11.9 Å². The third-order valence-corrected chi connectivity index (χ3v) is 4.89. The zero-order chi connectivity index (χ0) is 17.1. The van der Waals surface area contributed by atoms with Crippen LogP contribution in [-0.2, 0) is 30.7 Å². The Kier molecular flexibility index (Phi) is 5.21. The molecule has 1 aromatic carbocycles. The largest absolute Gasteiger partial charge is 0.368 e. The van der Waals surface area contributed by atoms with E-state index in [0.717, 1.165) is 30.8 Å².